The van der Waals surface area contributed by atoms with Crippen molar-refractivity contribution in [2.24, 2.45) is 0 Å². The van der Waals surface area contributed by atoms with Crippen molar-refractivity contribution in [3.05, 3.63) is 206 Å². The van der Waals surface area contributed by atoms with E-state index in [0.29, 0.717) is 17.5 Å². The van der Waals surface area contributed by atoms with Gasteiger partial charge in [0, 0.05) is 42.9 Å². The first-order valence-electron chi connectivity index (χ1n) is 20.2. The fourth-order valence-electron chi connectivity index (χ4n) is 8.84. The molecule has 12 aromatic rings. The van der Waals surface area contributed by atoms with Crippen molar-refractivity contribution >= 4 is 64.1 Å². The third-order valence-electron chi connectivity index (χ3n) is 11.6. The van der Waals surface area contributed by atoms with E-state index in [4.69, 9.17) is 15.0 Å². The minimum atomic E-state index is 0.652. The molecule has 9 aromatic carbocycles. The molecule has 0 saturated carbocycles. The molecule has 60 heavy (non-hydrogen) atoms. The first-order chi connectivity index (χ1) is 29.7. The van der Waals surface area contributed by atoms with Gasteiger partial charge in [0.25, 0.3) is 0 Å². The lowest BCUT2D eigenvalue weighted by Gasteiger charge is -2.13. The Labute approximate surface area is 350 Å². The largest absolute Gasteiger partial charge is 0.308 e. The Bertz CT molecular complexity index is 3520. The van der Waals surface area contributed by atoms with Gasteiger partial charge < -0.3 is 4.57 Å². The molecule has 0 unspecified atom stereocenters. The summed E-state index contributed by atoms with van der Waals surface area (Å²) in [6.45, 7) is 0. The molecule has 0 N–H and O–H groups in total. The van der Waals surface area contributed by atoms with Crippen molar-refractivity contribution in [3.8, 4) is 62.1 Å². The van der Waals surface area contributed by atoms with E-state index in [1.807, 2.05) is 72.0 Å². The second-order valence-corrected chi connectivity index (χ2v) is 16.2. The van der Waals surface area contributed by atoms with E-state index in [0.717, 1.165) is 22.4 Å². The number of aromatic nitrogens is 4. The summed E-state index contributed by atoms with van der Waals surface area (Å²) in [7, 11) is 0. The van der Waals surface area contributed by atoms with Crippen molar-refractivity contribution in [1.82, 2.24) is 19.5 Å². The topological polar surface area (TPSA) is 43.6 Å². The average Bonchev–Trinajstić information content (AvgIpc) is 3.87. The van der Waals surface area contributed by atoms with E-state index in [-0.39, 0.29) is 0 Å². The van der Waals surface area contributed by atoms with Crippen molar-refractivity contribution in [2.45, 2.75) is 0 Å². The molecule has 0 aliphatic heterocycles. The van der Waals surface area contributed by atoms with Crippen LogP contribution in [-0.2, 0) is 0 Å². The molecule has 0 saturated heterocycles. The number of nitrogens with zero attached hydrogens (tertiary/aromatic N) is 4. The van der Waals surface area contributed by atoms with Crippen LogP contribution in [0.25, 0.3) is 115 Å². The van der Waals surface area contributed by atoms with Crippen LogP contribution >= 0.6 is 11.3 Å². The van der Waals surface area contributed by atoms with Crippen LogP contribution in [0.5, 0.6) is 0 Å². The molecule has 0 atom stereocenters. The standard InChI is InChI=1S/C55H34N4S/c1-5-16-35(17-6-1)39-29-31-47-46(32-39)51-43-25-14-13-24-41(43)45(36-18-7-2-8-19-36)34-49(51)59(47)48-27-15-26-44-42-30-28-40(33-50(42)60-52(44)48)55-57-53(37-20-9-3-10-21-37)56-54(58-55)38-22-11-4-12-23-38/h1-34H. The normalized spacial score (nSPS) is 11.7. The predicted octanol–water partition coefficient (Wildman–Crippen LogP) is 14.8. The molecule has 3 aromatic heterocycles. The summed E-state index contributed by atoms with van der Waals surface area (Å²) in [5.41, 5.74) is 11.2. The number of benzene rings is 9. The highest BCUT2D eigenvalue weighted by Gasteiger charge is 2.21. The van der Waals surface area contributed by atoms with E-state index >= 15 is 0 Å². The van der Waals surface area contributed by atoms with Gasteiger partial charge in [-0.3, -0.25) is 0 Å². The highest BCUT2D eigenvalue weighted by atomic mass is 32.1. The third-order valence-corrected chi connectivity index (χ3v) is 12.8. The maximum atomic E-state index is 5.05. The van der Waals surface area contributed by atoms with Gasteiger partial charge in [0.05, 0.1) is 21.4 Å². The van der Waals surface area contributed by atoms with E-state index in [9.17, 15) is 0 Å². The second kappa shape index (κ2) is 14.0. The SMILES string of the molecule is c1ccc(-c2ccc3c(c2)c2c4ccccc4c(-c4ccccc4)cc2n3-c2cccc3c2sc2cc(-c4nc(-c5ccccc5)nc(-c5ccccc5)n4)ccc23)cc1. The summed E-state index contributed by atoms with van der Waals surface area (Å²) in [5.74, 6) is 1.96. The van der Waals surface area contributed by atoms with Gasteiger partial charge in [-0.15, -0.1) is 11.3 Å². The maximum Gasteiger partial charge on any atom is 0.164 e. The Morgan fingerprint density at radius 2 is 0.883 bits per heavy atom. The van der Waals surface area contributed by atoms with Crippen LogP contribution in [0.1, 0.15) is 0 Å². The Morgan fingerprint density at radius 3 is 1.55 bits per heavy atom. The summed E-state index contributed by atoms with van der Waals surface area (Å²) in [6.07, 6.45) is 0. The van der Waals surface area contributed by atoms with E-state index in [1.54, 1.807) is 0 Å². The minimum Gasteiger partial charge on any atom is -0.308 e. The van der Waals surface area contributed by atoms with Crippen molar-refractivity contribution in [2.75, 3.05) is 0 Å². The van der Waals surface area contributed by atoms with Crippen molar-refractivity contribution in [3.63, 3.8) is 0 Å². The molecule has 0 spiro atoms. The number of hydrogen-bond acceptors (Lipinski definition) is 4. The zero-order chi connectivity index (χ0) is 39.6. The summed E-state index contributed by atoms with van der Waals surface area (Å²) >= 11 is 1.83. The van der Waals surface area contributed by atoms with Gasteiger partial charge in [-0.05, 0) is 63.4 Å². The van der Waals surface area contributed by atoms with Crippen LogP contribution in [0.3, 0.4) is 0 Å². The van der Waals surface area contributed by atoms with Crippen LogP contribution in [0, 0.1) is 0 Å². The number of fused-ring (bicyclic) bond motifs is 8. The lowest BCUT2D eigenvalue weighted by Crippen LogP contribution is -1.99. The Morgan fingerprint density at radius 1 is 0.333 bits per heavy atom. The van der Waals surface area contributed by atoms with Crippen LogP contribution < -0.4 is 0 Å². The number of thiophene rings is 1. The van der Waals surface area contributed by atoms with Crippen LogP contribution in [-0.4, -0.2) is 19.5 Å². The Kier molecular flexibility index (Phi) is 8.00. The van der Waals surface area contributed by atoms with E-state index in [2.05, 4.69) is 150 Å². The monoisotopic (exact) mass is 782 g/mol. The molecule has 0 aliphatic carbocycles. The van der Waals surface area contributed by atoms with Gasteiger partial charge in [0.1, 0.15) is 0 Å². The molecule has 280 valence electrons. The molecule has 0 aliphatic rings. The fraction of sp³-hybridized carbons (Fsp3) is 0. The predicted molar refractivity (Wildman–Crippen MR) is 252 cm³/mol. The van der Waals surface area contributed by atoms with Gasteiger partial charge in [0.15, 0.2) is 17.5 Å². The van der Waals surface area contributed by atoms with Crippen LogP contribution in [0.15, 0.2) is 206 Å². The summed E-state index contributed by atoms with van der Waals surface area (Å²) in [4.78, 5) is 15.0. The second-order valence-electron chi connectivity index (χ2n) is 15.2. The quantitative estimate of drug-likeness (QED) is 0.169. The molecule has 0 amide bonds. The molecule has 5 heteroatoms. The maximum absolute atomic E-state index is 5.05. The van der Waals surface area contributed by atoms with E-state index in [1.165, 1.54) is 75.0 Å². The van der Waals surface area contributed by atoms with Crippen molar-refractivity contribution < 1.29 is 0 Å². The average molecular weight is 783 g/mol. The summed E-state index contributed by atoms with van der Waals surface area (Å²) < 4.78 is 4.91. The van der Waals surface area contributed by atoms with Crippen LogP contribution in [0.2, 0.25) is 0 Å². The Hall–Kier alpha value is -7.73. The van der Waals surface area contributed by atoms with E-state index < -0.39 is 0 Å². The number of hydrogen-bond donors (Lipinski definition) is 0. The molecular weight excluding hydrogens is 749 g/mol. The van der Waals surface area contributed by atoms with Gasteiger partial charge in [-0.25, -0.2) is 15.0 Å². The minimum absolute atomic E-state index is 0.652. The van der Waals surface area contributed by atoms with Gasteiger partial charge in [-0.1, -0.05) is 176 Å². The van der Waals surface area contributed by atoms with Gasteiger partial charge >= 0.3 is 0 Å². The lowest BCUT2D eigenvalue weighted by atomic mass is 9.94. The molecule has 4 nitrogen and oxygen atoms in total. The fourth-order valence-corrected chi connectivity index (χ4v) is 10.1. The molecular formula is C55H34N4S. The summed E-state index contributed by atoms with van der Waals surface area (Å²) in [5, 5.41) is 7.43. The molecule has 0 bridgehead atoms. The lowest BCUT2D eigenvalue weighted by molar-refractivity contribution is 1.07. The first-order valence-corrected chi connectivity index (χ1v) is 21.0. The summed E-state index contributed by atoms with van der Waals surface area (Å²) in [6, 6.07) is 73.4. The third kappa shape index (κ3) is 5.63. The highest BCUT2D eigenvalue weighted by Crippen LogP contribution is 2.46. The molecule has 3 heterocycles. The Balaban J connectivity index is 1.10. The zero-order valence-electron chi connectivity index (χ0n) is 32.3. The van der Waals surface area contributed by atoms with Gasteiger partial charge in [-0.2, -0.15) is 0 Å². The van der Waals surface area contributed by atoms with Crippen molar-refractivity contribution in [1.29, 1.82) is 0 Å². The molecule has 0 fully saturated rings. The van der Waals surface area contributed by atoms with Gasteiger partial charge in [0.2, 0.25) is 0 Å². The number of rotatable bonds is 6. The molecule has 0 radical (unpaired) electrons. The van der Waals surface area contributed by atoms with Crippen LogP contribution in [0.4, 0.5) is 0 Å². The molecule has 12 rings (SSSR count). The zero-order valence-corrected chi connectivity index (χ0v) is 33.1. The highest BCUT2D eigenvalue weighted by molar-refractivity contribution is 7.26. The first kappa shape index (κ1) is 34.3. The smallest absolute Gasteiger partial charge is 0.164 e.